The molecule has 15 nitrogen and oxygen atoms in total. The van der Waals surface area contributed by atoms with E-state index in [1.807, 2.05) is 0 Å². The van der Waals surface area contributed by atoms with Crippen molar-refractivity contribution in [1.82, 2.24) is 0 Å². The highest BCUT2D eigenvalue weighted by Crippen LogP contribution is 2.26. The van der Waals surface area contributed by atoms with Gasteiger partial charge in [0.15, 0.2) is 18.7 Å². The van der Waals surface area contributed by atoms with Crippen molar-refractivity contribution in [2.24, 2.45) is 0 Å². The largest absolute Gasteiger partial charge is 0.462 e. The SMILES string of the molecule is CCCCCCCCCCCCCCC(=O)OC[C@H](CO[C@@H]1O[C@H](CO[C@@H]2O[C@H](CO)[C@H](O)C(O)C2O)[C@H](O)C(O)C1O)OC(=O)CCCCCCCCCCCCCC. The minimum absolute atomic E-state index is 0.172. The van der Waals surface area contributed by atoms with Gasteiger partial charge in [-0.1, -0.05) is 155 Å². The molecule has 15 heteroatoms. The molecule has 0 bridgehead atoms. The molecule has 0 radical (unpaired) electrons. The summed E-state index contributed by atoms with van der Waals surface area (Å²) >= 11 is 0. The van der Waals surface area contributed by atoms with Gasteiger partial charge in [0.05, 0.1) is 19.8 Å². The second-order valence-electron chi connectivity index (χ2n) is 17.0. The quantitative estimate of drug-likeness (QED) is 0.0315. The van der Waals surface area contributed by atoms with Gasteiger partial charge in [-0.2, -0.15) is 0 Å². The zero-order valence-electron chi connectivity index (χ0n) is 37.0. The van der Waals surface area contributed by atoms with Gasteiger partial charge < -0.3 is 64.2 Å². The molecule has 2 fully saturated rings. The monoisotopic (exact) mass is 865 g/mol. The van der Waals surface area contributed by atoms with Crippen molar-refractivity contribution in [2.45, 2.75) is 248 Å². The van der Waals surface area contributed by atoms with Crippen LogP contribution in [-0.4, -0.2) is 142 Å². The molecule has 2 rings (SSSR count). The molecule has 0 aliphatic carbocycles. The predicted octanol–water partition coefficient (Wildman–Crippen LogP) is 5.26. The van der Waals surface area contributed by atoms with Crippen LogP contribution in [0.4, 0.5) is 0 Å². The molecule has 2 heterocycles. The van der Waals surface area contributed by atoms with E-state index in [4.69, 9.17) is 28.4 Å². The van der Waals surface area contributed by atoms with Gasteiger partial charge >= 0.3 is 11.9 Å². The van der Waals surface area contributed by atoms with Crippen LogP contribution >= 0.6 is 0 Å². The smallest absolute Gasteiger partial charge is 0.306 e. The van der Waals surface area contributed by atoms with Crippen molar-refractivity contribution in [3.05, 3.63) is 0 Å². The van der Waals surface area contributed by atoms with Crippen molar-refractivity contribution in [3.63, 3.8) is 0 Å². The van der Waals surface area contributed by atoms with E-state index in [0.717, 1.165) is 38.5 Å². The third kappa shape index (κ3) is 22.7. The third-order valence-electron chi connectivity index (χ3n) is 11.6. The average molecular weight is 865 g/mol. The first-order valence-electron chi connectivity index (χ1n) is 23.6. The molecule has 354 valence electrons. The molecule has 7 N–H and O–H groups in total. The number of aliphatic hydroxyl groups excluding tert-OH is 7. The predicted molar refractivity (Wildman–Crippen MR) is 225 cm³/mol. The number of carbonyl (C=O) groups excluding carboxylic acids is 2. The highest BCUT2D eigenvalue weighted by Gasteiger charge is 2.47. The van der Waals surface area contributed by atoms with Gasteiger partial charge in [0.25, 0.3) is 0 Å². The van der Waals surface area contributed by atoms with Crippen molar-refractivity contribution in [2.75, 3.05) is 26.4 Å². The molecule has 60 heavy (non-hydrogen) atoms. The van der Waals surface area contributed by atoms with Gasteiger partial charge in [0.1, 0.15) is 55.4 Å². The summed E-state index contributed by atoms with van der Waals surface area (Å²) in [6.45, 7) is 2.58. The third-order valence-corrected chi connectivity index (χ3v) is 11.6. The maximum absolute atomic E-state index is 12.9. The van der Waals surface area contributed by atoms with E-state index in [-0.39, 0.29) is 26.1 Å². The summed E-state index contributed by atoms with van der Waals surface area (Å²) in [5.74, 6) is -0.916. The Balaban J connectivity index is 1.84. The van der Waals surface area contributed by atoms with Gasteiger partial charge in [0, 0.05) is 12.8 Å². The van der Waals surface area contributed by atoms with Crippen LogP contribution < -0.4 is 0 Å². The topological polar surface area (TPSA) is 231 Å². The number of unbranched alkanes of at least 4 members (excludes halogenated alkanes) is 22. The van der Waals surface area contributed by atoms with Crippen LogP contribution in [-0.2, 0) is 38.0 Å². The first-order valence-corrected chi connectivity index (χ1v) is 23.6. The molecule has 0 aromatic heterocycles. The molecule has 0 spiro atoms. The van der Waals surface area contributed by atoms with E-state index in [9.17, 15) is 45.3 Å². The molecular formula is C45H84O15. The summed E-state index contributed by atoms with van der Waals surface area (Å²) in [5.41, 5.74) is 0. The summed E-state index contributed by atoms with van der Waals surface area (Å²) in [5, 5.41) is 71.8. The molecule has 0 aromatic rings. The fourth-order valence-electron chi connectivity index (χ4n) is 7.63. The number of carbonyl (C=O) groups is 2. The van der Waals surface area contributed by atoms with Crippen LogP contribution in [0.1, 0.15) is 181 Å². The molecule has 2 aliphatic heterocycles. The number of rotatable bonds is 36. The standard InChI is InChI=1S/C45H84O15/c1-3-5-7-9-11-13-15-17-19-21-23-25-27-36(47)55-30-33(58-37(48)28-26-24-22-20-18-16-14-12-10-8-6-4-2)31-56-44-43(54)41(52)39(50)35(60-44)32-57-45-42(53)40(51)38(49)34(29-46)59-45/h33-35,38-46,49-54H,3-32H2,1-2H3/t33-,34-,35-,38+,39+,40?,41?,42?,43?,44-,45-/m1/s1. The number of hydrogen-bond donors (Lipinski definition) is 7. The number of hydrogen-bond acceptors (Lipinski definition) is 15. The highest BCUT2D eigenvalue weighted by atomic mass is 16.7. The minimum Gasteiger partial charge on any atom is -0.462 e. The summed E-state index contributed by atoms with van der Waals surface area (Å²) in [4.78, 5) is 25.6. The van der Waals surface area contributed by atoms with Gasteiger partial charge in [-0.3, -0.25) is 9.59 Å². The van der Waals surface area contributed by atoms with Crippen LogP contribution in [0.3, 0.4) is 0 Å². The van der Waals surface area contributed by atoms with Crippen molar-refractivity contribution in [3.8, 4) is 0 Å². The van der Waals surface area contributed by atoms with Crippen LogP contribution in [0.5, 0.6) is 0 Å². The minimum atomic E-state index is -1.76. The van der Waals surface area contributed by atoms with Crippen LogP contribution in [0.25, 0.3) is 0 Å². The van der Waals surface area contributed by atoms with E-state index >= 15 is 0 Å². The van der Waals surface area contributed by atoms with Crippen molar-refractivity contribution in [1.29, 1.82) is 0 Å². The lowest BCUT2D eigenvalue weighted by molar-refractivity contribution is -0.332. The maximum atomic E-state index is 12.9. The Bertz CT molecular complexity index is 1070. The molecule has 0 amide bonds. The van der Waals surface area contributed by atoms with Gasteiger partial charge in [0.2, 0.25) is 0 Å². The molecule has 0 saturated carbocycles. The Morgan fingerprint density at radius 2 is 0.850 bits per heavy atom. The summed E-state index contributed by atoms with van der Waals surface area (Å²) in [6, 6.07) is 0. The number of ether oxygens (including phenoxy) is 6. The fraction of sp³-hybridized carbons (Fsp3) is 0.956. The Hall–Kier alpha value is -1.50. The molecule has 4 unspecified atom stereocenters. The maximum Gasteiger partial charge on any atom is 0.306 e. The van der Waals surface area contributed by atoms with Crippen LogP contribution in [0.15, 0.2) is 0 Å². The second kappa shape index (κ2) is 34.0. The Morgan fingerprint density at radius 1 is 0.467 bits per heavy atom. The summed E-state index contributed by atoms with van der Waals surface area (Å²) in [7, 11) is 0. The molecular weight excluding hydrogens is 780 g/mol. The average Bonchev–Trinajstić information content (AvgIpc) is 3.24. The fourth-order valence-corrected chi connectivity index (χ4v) is 7.63. The molecule has 2 saturated heterocycles. The van der Waals surface area contributed by atoms with Crippen molar-refractivity contribution >= 4 is 11.9 Å². The Labute approximate surface area is 359 Å². The van der Waals surface area contributed by atoms with Gasteiger partial charge in [-0.05, 0) is 12.8 Å². The first kappa shape index (κ1) is 54.6. The van der Waals surface area contributed by atoms with E-state index in [0.29, 0.717) is 12.8 Å². The van der Waals surface area contributed by atoms with Crippen molar-refractivity contribution < 1.29 is 73.8 Å². The molecule has 11 atom stereocenters. The number of aliphatic hydroxyl groups is 7. The lowest BCUT2D eigenvalue weighted by Gasteiger charge is -2.42. The highest BCUT2D eigenvalue weighted by molar-refractivity contribution is 5.70. The van der Waals surface area contributed by atoms with E-state index in [1.54, 1.807) is 0 Å². The van der Waals surface area contributed by atoms with E-state index in [1.165, 1.54) is 103 Å². The van der Waals surface area contributed by atoms with E-state index in [2.05, 4.69) is 13.8 Å². The zero-order chi connectivity index (χ0) is 44.0. The Morgan fingerprint density at radius 3 is 1.30 bits per heavy atom. The zero-order valence-corrected chi connectivity index (χ0v) is 37.0. The Kier molecular flexibility index (Phi) is 30.9. The second-order valence-corrected chi connectivity index (χ2v) is 17.0. The molecule has 2 aliphatic rings. The van der Waals surface area contributed by atoms with Crippen LogP contribution in [0.2, 0.25) is 0 Å². The molecule has 0 aromatic carbocycles. The number of esters is 2. The van der Waals surface area contributed by atoms with Gasteiger partial charge in [-0.25, -0.2) is 0 Å². The lowest BCUT2D eigenvalue weighted by Crippen LogP contribution is -2.61. The van der Waals surface area contributed by atoms with E-state index < -0.39 is 92.7 Å². The summed E-state index contributed by atoms with van der Waals surface area (Å²) < 4.78 is 33.5. The van der Waals surface area contributed by atoms with Gasteiger partial charge in [-0.15, -0.1) is 0 Å². The van der Waals surface area contributed by atoms with Crippen LogP contribution in [0, 0.1) is 0 Å². The normalized spacial score (nSPS) is 27.5. The first-order chi connectivity index (χ1) is 29.0. The summed E-state index contributed by atoms with van der Waals surface area (Å²) in [6.07, 6.45) is 11.4. The lowest BCUT2D eigenvalue weighted by atomic mass is 9.98.